The van der Waals surface area contributed by atoms with Crippen molar-refractivity contribution < 1.29 is 9.53 Å². The molecule has 1 N–H and O–H groups in total. The van der Waals surface area contributed by atoms with Gasteiger partial charge in [0.15, 0.2) is 0 Å². The molecule has 0 bridgehead atoms. The molecule has 1 fully saturated rings. The van der Waals surface area contributed by atoms with Gasteiger partial charge in [0.05, 0.1) is 13.0 Å². The number of benzene rings is 1. The quantitative estimate of drug-likeness (QED) is 0.927. The summed E-state index contributed by atoms with van der Waals surface area (Å²) in [6, 6.07) is 7.90. The molecular formula is C15H21ClN2O2. The van der Waals surface area contributed by atoms with E-state index < -0.39 is 0 Å². The molecule has 1 aliphatic heterocycles. The average Bonchev–Trinajstić information content (AvgIpc) is 2.37. The molecule has 0 unspecified atom stereocenters. The van der Waals surface area contributed by atoms with Crippen LogP contribution < -0.4 is 10.1 Å². The number of halogens is 1. The van der Waals surface area contributed by atoms with Crippen molar-refractivity contribution >= 4 is 17.5 Å². The van der Waals surface area contributed by atoms with Crippen LogP contribution in [-0.2, 0) is 4.79 Å². The van der Waals surface area contributed by atoms with E-state index in [1.807, 2.05) is 17.0 Å². The van der Waals surface area contributed by atoms with Gasteiger partial charge in [0.2, 0.25) is 5.91 Å². The van der Waals surface area contributed by atoms with Gasteiger partial charge in [-0.05, 0) is 32.0 Å². The second-order valence-electron chi connectivity index (χ2n) is 5.32. The fourth-order valence-electron chi connectivity index (χ4n) is 2.50. The van der Waals surface area contributed by atoms with Gasteiger partial charge in [-0.2, -0.15) is 0 Å². The van der Waals surface area contributed by atoms with Crippen molar-refractivity contribution in [1.82, 2.24) is 10.2 Å². The third-order valence-corrected chi connectivity index (χ3v) is 3.53. The Labute approximate surface area is 125 Å². The zero-order valence-electron chi connectivity index (χ0n) is 11.9. The van der Waals surface area contributed by atoms with Crippen molar-refractivity contribution in [3.8, 4) is 5.75 Å². The first-order valence-electron chi connectivity index (χ1n) is 6.97. The highest BCUT2D eigenvalue weighted by molar-refractivity contribution is 6.30. The van der Waals surface area contributed by atoms with E-state index in [4.69, 9.17) is 16.3 Å². The topological polar surface area (TPSA) is 41.6 Å². The zero-order chi connectivity index (χ0) is 14.5. The SMILES string of the molecule is C[C@@H]1CN(C(=O)CCOc2cccc(Cl)c2)C[C@H](C)N1. The van der Waals surface area contributed by atoms with Gasteiger partial charge in [0, 0.05) is 30.2 Å². The van der Waals surface area contributed by atoms with E-state index in [0.29, 0.717) is 35.9 Å². The maximum atomic E-state index is 12.1. The van der Waals surface area contributed by atoms with Crippen LogP contribution in [0.25, 0.3) is 0 Å². The smallest absolute Gasteiger partial charge is 0.226 e. The number of amides is 1. The molecule has 5 heteroatoms. The predicted molar refractivity (Wildman–Crippen MR) is 80.2 cm³/mol. The molecule has 0 saturated carbocycles. The Morgan fingerprint density at radius 1 is 1.40 bits per heavy atom. The Bertz CT molecular complexity index is 457. The Hall–Kier alpha value is -1.26. The third kappa shape index (κ3) is 4.39. The molecule has 20 heavy (non-hydrogen) atoms. The first kappa shape index (κ1) is 15.1. The summed E-state index contributed by atoms with van der Waals surface area (Å²) in [5, 5.41) is 4.05. The van der Waals surface area contributed by atoms with Gasteiger partial charge < -0.3 is 15.0 Å². The first-order chi connectivity index (χ1) is 9.54. The van der Waals surface area contributed by atoms with Gasteiger partial charge in [-0.3, -0.25) is 4.79 Å². The summed E-state index contributed by atoms with van der Waals surface area (Å²) >= 11 is 5.88. The number of carbonyl (C=O) groups is 1. The summed E-state index contributed by atoms with van der Waals surface area (Å²) in [6.07, 6.45) is 0.395. The van der Waals surface area contributed by atoms with Crippen molar-refractivity contribution in [2.24, 2.45) is 0 Å². The lowest BCUT2D eigenvalue weighted by molar-refractivity contribution is -0.133. The zero-order valence-corrected chi connectivity index (χ0v) is 12.7. The number of hydrogen-bond donors (Lipinski definition) is 1. The minimum absolute atomic E-state index is 0.146. The maximum Gasteiger partial charge on any atom is 0.226 e. The van der Waals surface area contributed by atoms with Crippen LogP contribution in [0.5, 0.6) is 5.75 Å². The fourth-order valence-corrected chi connectivity index (χ4v) is 2.68. The lowest BCUT2D eigenvalue weighted by Gasteiger charge is -2.36. The molecular weight excluding hydrogens is 276 g/mol. The van der Waals surface area contributed by atoms with Crippen LogP contribution in [-0.4, -0.2) is 42.6 Å². The summed E-state index contributed by atoms with van der Waals surface area (Å²) in [7, 11) is 0. The number of ether oxygens (including phenoxy) is 1. The van der Waals surface area contributed by atoms with E-state index >= 15 is 0 Å². The normalized spacial score (nSPS) is 22.6. The van der Waals surface area contributed by atoms with E-state index in [0.717, 1.165) is 13.1 Å². The van der Waals surface area contributed by atoms with Crippen molar-refractivity contribution in [3.63, 3.8) is 0 Å². The van der Waals surface area contributed by atoms with Gasteiger partial charge >= 0.3 is 0 Å². The second kappa shape index (κ2) is 6.95. The van der Waals surface area contributed by atoms with E-state index in [-0.39, 0.29) is 5.91 Å². The standard InChI is InChI=1S/C15H21ClN2O2/c1-11-9-18(10-12(2)17-11)15(19)6-7-20-14-5-3-4-13(16)8-14/h3-5,8,11-12,17H,6-7,9-10H2,1-2H3/t11-,12+. The summed E-state index contributed by atoms with van der Waals surface area (Å²) in [6.45, 7) is 6.10. The molecule has 110 valence electrons. The third-order valence-electron chi connectivity index (χ3n) is 3.29. The van der Waals surface area contributed by atoms with Gasteiger partial charge in [-0.1, -0.05) is 17.7 Å². The molecule has 1 aromatic rings. The van der Waals surface area contributed by atoms with E-state index in [9.17, 15) is 4.79 Å². The highest BCUT2D eigenvalue weighted by Gasteiger charge is 2.24. The number of nitrogens with one attached hydrogen (secondary N) is 1. The van der Waals surface area contributed by atoms with Crippen LogP contribution in [0.4, 0.5) is 0 Å². The Balaban J connectivity index is 1.77. The summed E-state index contributed by atoms with van der Waals surface area (Å²) in [4.78, 5) is 14.0. The average molecular weight is 297 g/mol. The lowest BCUT2D eigenvalue weighted by Crippen LogP contribution is -2.56. The summed E-state index contributed by atoms with van der Waals surface area (Å²) < 4.78 is 5.55. The molecule has 1 aliphatic rings. The van der Waals surface area contributed by atoms with E-state index in [1.54, 1.807) is 12.1 Å². The molecule has 1 aromatic carbocycles. The van der Waals surface area contributed by atoms with Crippen molar-refractivity contribution in [2.75, 3.05) is 19.7 Å². The van der Waals surface area contributed by atoms with Crippen molar-refractivity contribution in [2.45, 2.75) is 32.4 Å². The van der Waals surface area contributed by atoms with Crippen LogP contribution >= 0.6 is 11.6 Å². The highest BCUT2D eigenvalue weighted by Crippen LogP contribution is 2.17. The highest BCUT2D eigenvalue weighted by atomic mass is 35.5. The van der Waals surface area contributed by atoms with Crippen LogP contribution in [0.1, 0.15) is 20.3 Å². The molecule has 2 rings (SSSR count). The first-order valence-corrected chi connectivity index (χ1v) is 7.34. The molecule has 1 saturated heterocycles. The van der Waals surface area contributed by atoms with Crippen molar-refractivity contribution in [1.29, 1.82) is 0 Å². The fraction of sp³-hybridized carbons (Fsp3) is 0.533. The van der Waals surface area contributed by atoms with E-state index in [2.05, 4.69) is 19.2 Å². The van der Waals surface area contributed by atoms with Gasteiger partial charge in [-0.25, -0.2) is 0 Å². The van der Waals surface area contributed by atoms with Crippen LogP contribution in [0.3, 0.4) is 0 Å². The van der Waals surface area contributed by atoms with Gasteiger partial charge in [0.1, 0.15) is 5.75 Å². The second-order valence-corrected chi connectivity index (χ2v) is 5.76. The summed E-state index contributed by atoms with van der Waals surface area (Å²) in [5.41, 5.74) is 0. The van der Waals surface area contributed by atoms with Crippen LogP contribution in [0.2, 0.25) is 5.02 Å². The number of rotatable bonds is 4. The minimum atomic E-state index is 0.146. The van der Waals surface area contributed by atoms with Gasteiger partial charge in [-0.15, -0.1) is 0 Å². The molecule has 0 aliphatic carbocycles. The molecule has 0 aromatic heterocycles. The number of piperazine rings is 1. The molecule has 2 atom stereocenters. The Morgan fingerprint density at radius 3 is 2.75 bits per heavy atom. The number of hydrogen-bond acceptors (Lipinski definition) is 3. The maximum absolute atomic E-state index is 12.1. The van der Waals surface area contributed by atoms with Gasteiger partial charge in [0.25, 0.3) is 0 Å². The lowest BCUT2D eigenvalue weighted by atomic mass is 10.1. The Kier molecular flexibility index (Phi) is 5.26. The summed E-state index contributed by atoms with van der Waals surface area (Å²) in [5.74, 6) is 0.847. The molecule has 0 radical (unpaired) electrons. The number of carbonyl (C=O) groups excluding carboxylic acids is 1. The molecule has 1 heterocycles. The number of nitrogens with zero attached hydrogens (tertiary/aromatic N) is 1. The van der Waals surface area contributed by atoms with Crippen molar-refractivity contribution in [3.05, 3.63) is 29.3 Å². The monoisotopic (exact) mass is 296 g/mol. The minimum Gasteiger partial charge on any atom is -0.493 e. The van der Waals surface area contributed by atoms with Crippen LogP contribution in [0, 0.1) is 0 Å². The predicted octanol–water partition coefficient (Wildman–Crippen LogP) is 2.32. The molecule has 4 nitrogen and oxygen atoms in total. The van der Waals surface area contributed by atoms with Crippen LogP contribution in [0.15, 0.2) is 24.3 Å². The molecule has 1 amide bonds. The van der Waals surface area contributed by atoms with E-state index in [1.165, 1.54) is 0 Å². The Morgan fingerprint density at radius 2 is 2.10 bits per heavy atom. The molecule has 0 spiro atoms. The largest absolute Gasteiger partial charge is 0.493 e.